The van der Waals surface area contributed by atoms with Crippen molar-refractivity contribution in [3.05, 3.63) is 82.8 Å². The summed E-state index contributed by atoms with van der Waals surface area (Å²) >= 11 is 0. The lowest BCUT2D eigenvalue weighted by Gasteiger charge is -2.13. The van der Waals surface area contributed by atoms with Gasteiger partial charge in [0.2, 0.25) is 0 Å². The first-order valence-corrected chi connectivity index (χ1v) is 10.0. The summed E-state index contributed by atoms with van der Waals surface area (Å²) in [7, 11) is 3.24. The molecule has 1 aliphatic carbocycles. The average Bonchev–Trinajstić information content (AvgIpc) is 3.52. The van der Waals surface area contributed by atoms with Crippen molar-refractivity contribution >= 4 is 10.8 Å². The molecule has 2 aromatic heterocycles. The molecule has 152 valence electrons. The van der Waals surface area contributed by atoms with Gasteiger partial charge in [-0.1, -0.05) is 6.07 Å². The van der Waals surface area contributed by atoms with E-state index in [1.807, 2.05) is 59.6 Å². The fraction of sp³-hybridized carbons (Fsp3) is 0.250. The fourth-order valence-corrected chi connectivity index (χ4v) is 3.79. The highest BCUT2D eigenvalue weighted by molar-refractivity contribution is 5.83. The number of aromatic nitrogens is 3. The summed E-state index contributed by atoms with van der Waals surface area (Å²) in [5, 5.41) is 1.60. The highest BCUT2D eigenvalue weighted by Crippen LogP contribution is 2.39. The van der Waals surface area contributed by atoms with E-state index in [-0.39, 0.29) is 5.56 Å². The molecule has 0 amide bonds. The lowest BCUT2D eigenvalue weighted by molar-refractivity contribution is 0.390. The van der Waals surface area contributed by atoms with Gasteiger partial charge >= 0.3 is 0 Å². The van der Waals surface area contributed by atoms with Crippen LogP contribution in [0.2, 0.25) is 0 Å². The first kappa shape index (κ1) is 18.5. The zero-order chi connectivity index (χ0) is 20.7. The highest BCUT2D eigenvalue weighted by atomic mass is 16.5. The van der Waals surface area contributed by atoms with Gasteiger partial charge in [0.1, 0.15) is 11.5 Å². The van der Waals surface area contributed by atoms with Crippen molar-refractivity contribution in [1.29, 1.82) is 0 Å². The smallest absolute Gasteiger partial charge is 0.258 e. The minimum Gasteiger partial charge on any atom is -0.497 e. The molecule has 5 rings (SSSR count). The minimum absolute atomic E-state index is 0.0326. The molecule has 0 radical (unpaired) electrons. The summed E-state index contributed by atoms with van der Waals surface area (Å²) in [6.45, 7) is 0.420. The van der Waals surface area contributed by atoms with Crippen molar-refractivity contribution in [1.82, 2.24) is 14.1 Å². The molecule has 2 heterocycles. The Morgan fingerprint density at radius 3 is 2.70 bits per heavy atom. The predicted molar refractivity (Wildman–Crippen MR) is 116 cm³/mol. The second kappa shape index (κ2) is 7.37. The number of hydrogen-bond donors (Lipinski definition) is 0. The zero-order valence-electron chi connectivity index (χ0n) is 17.0. The lowest BCUT2D eigenvalue weighted by atomic mass is 10.1. The molecule has 4 aromatic rings. The second-order valence-electron chi connectivity index (χ2n) is 7.68. The standard InChI is InChI=1S/C24H23N3O3/c1-29-20-8-6-18(23(12-20)30-2)13-26-10-9-16-5-7-19(11-21(16)24(26)28)27-14-22(25-15-27)17-3-4-17/h5-12,14-15,17H,3-4,13H2,1-2H3. The van der Waals surface area contributed by atoms with Crippen molar-refractivity contribution in [2.45, 2.75) is 25.3 Å². The first-order chi connectivity index (χ1) is 14.7. The van der Waals surface area contributed by atoms with E-state index in [0.29, 0.717) is 23.6 Å². The molecule has 0 atom stereocenters. The quantitative estimate of drug-likeness (QED) is 0.487. The highest BCUT2D eigenvalue weighted by Gasteiger charge is 2.25. The molecule has 1 aliphatic rings. The van der Waals surface area contributed by atoms with Crippen LogP contribution in [0.1, 0.15) is 30.0 Å². The molecule has 30 heavy (non-hydrogen) atoms. The third-order valence-corrected chi connectivity index (χ3v) is 5.69. The Morgan fingerprint density at radius 2 is 1.93 bits per heavy atom. The number of methoxy groups -OCH3 is 2. The number of fused-ring (bicyclic) bond motifs is 1. The van der Waals surface area contributed by atoms with Crippen LogP contribution in [0.15, 0.2) is 66.0 Å². The van der Waals surface area contributed by atoms with E-state index in [9.17, 15) is 4.79 Å². The summed E-state index contributed by atoms with van der Waals surface area (Å²) in [4.78, 5) is 17.8. The monoisotopic (exact) mass is 401 g/mol. The van der Waals surface area contributed by atoms with Crippen molar-refractivity contribution < 1.29 is 9.47 Å². The minimum atomic E-state index is -0.0326. The Morgan fingerprint density at radius 1 is 1.07 bits per heavy atom. The van der Waals surface area contributed by atoms with Gasteiger partial charge in [0.05, 0.1) is 32.8 Å². The largest absolute Gasteiger partial charge is 0.497 e. The van der Waals surface area contributed by atoms with E-state index in [1.165, 1.54) is 12.8 Å². The van der Waals surface area contributed by atoms with Crippen LogP contribution in [0.3, 0.4) is 0 Å². The molecule has 0 bridgehead atoms. The molecule has 0 saturated heterocycles. The molecule has 2 aromatic carbocycles. The van der Waals surface area contributed by atoms with E-state index in [4.69, 9.17) is 9.47 Å². The second-order valence-corrected chi connectivity index (χ2v) is 7.68. The number of pyridine rings is 1. The van der Waals surface area contributed by atoms with E-state index in [1.54, 1.807) is 18.8 Å². The van der Waals surface area contributed by atoms with Gasteiger partial charge < -0.3 is 18.6 Å². The normalized spacial score (nSPS) is 13.5. The van der Waals surface area contributed by atoms with Gasteiger partial charge in [0.15, 0.2) is 0 Å². The zero-order valence-corrected chi connectivity index (χ0v) is 17.0. The Kier molecular flexibility index (Phi) is 4.54. The van der Waals surface area contributed by atoms with Gasteiger partial charge in [-0.15, -0.1) is 0 Å². The van der Waals surface area contributed by atoms with Crippen LogP contribution in [0.4, 0.5) is 0 Å². The predicted octanol–water partition coefficient (Wildman–Crippen LogP) is 4.13. The van der Waals surface area contributed by atoms with Crippen LogP contribution < -0.4 is 15.0 Å². The van der Waals surface area contributed by atoms with Gasteiger partial charge in [0, 0.05) is 41.0 Å². The van der Waals surface area contributed by atoms with E-state index in [2.05, 4.69) is 11.2 Å². The Bertz CT molecular complexity index is 1280. The Balaban J connectivity index is 1.52. The van der Waals surface area contributed by atoms with Crippen LogP contribution in [0.5, 0.6) is 11.5 Å². The van der Waals surface area contributed by atoms with Crippen LogP contribution in [-0.2, 0) is 6.54 Å². The first-order valence-electron chi connectivity index (χ1n) is 10.0. The van der Waals surface area contributed by atoms with Crippen LogP contribution in [0.25, 0.3) is 16.5 Å². The van der Waals surface area contributed by atoms with E-state index >= 15 is 0 Å². The summed E-state index contributed by atoms with van der Waals surface area (Å²) in [5.41, 5.74) is 2.96. The summed E-state index contributed by atoms with van der Waals surface area (Å²) in [6, 6.07) is 13.6. The number of hydrogen-bond acceptors (Lipinski definition) is 4. The molecular weight excluding hydrogens is 378 g/mol. The SMILES string of the molecule is COc1ccc(Cn2ccc3ccc(-n4cnc(C5CC5)c4)cc3c2=O)c(OC)c1. The van der Waals surface area contributed by atoms with Crippen LogP contribution in [0, 0.1) is 0 Å². The molecule has 1 fully saturated rings. The molecule has 6 nitrogen and oxygen atoms in total. The Hall–Kier alpha value is -3.54. The maximum absolute atomic E-state index is 13.2. The Labute approximate surface area is 174 Å². The maximum Gasteiger partial charge on any atom is 0.258 e. The number of rotatable bonds is 6. The molecule has 6 heteroatoms. The van der Waals surface area contributed by atoms with Gasteiger partial charge in [-0.3, -0.25) is 4.79 Å². The molecule has 0 aliphatic heterocycles. The van der Waals surface area contributed by atoms with Gasteiger partial charge in [-0.05, 0) is 48.6 Å². The van der Waals surface area contributed by atoms with Gasteiger partial charge in [0.25, 0.3) is 5.56 Å². The summed E-state index contributed by atoms with van der Waals surface area (Å²) in [5.74, 6) is 2.02. The van der Waals surface area contributed by atoms with Gasteiger partial charge in [-0.25, -0.2) is 4.98 Å². The van der Waals surface area contributed by atoms with Crippen molar-refractivity contribution in [2.75, 3.05) is 14.2 Å². The van der Waals surface area contributed by atoms with Crippen molar-refractivity contribution in [3.63, 3.8) is 0 Å². The van der Waals surface area contributed by atoms with Crippen molar-refractivity contribution in [2.24, 2.45) is 0 Å². The molecule has 1 saturated carbocycles. The molecule has 0 spiro atoms. The van der Waals surface area contributed by atoms with E-state index < -0.39 is 0 Å². The number of imidazole rings is 1. The van der Waals surface area contributed by atoms with Crippen LogP contribution >= 0.6 is 0 Å². The van der Waals surface area contributed by atoms with E-state index in [0.717, 1.165) is 28.1 Å². The third kappa shape index (κ3) is 3.34. The topological polar surface area (TPSA) is 58.3 Å². The number of ether oxygens (including phenoxy) is 2. The maximum atomic E-state index is 13.2. The van der Waals surface area contributed by atoms with Crippen LogP contribution in [-0.4, -0.2) is 28.3 Å². The fourth-order valence-electron chi connectivity index (χ4n) is 3.79. The molecular formula is C24H23N3O3. The molecule has 0 unspecified atom stereocenters. The van der Waals surface area contributed by atoms with Crippen molar-refractivity contribution in [3.8, 4) is 17.2 Å². The number of benzene rings is 2. The lowest BCUT2D eigenvalue weighted by Crippen LogP contribution is -2.20. The average molecular weight is 401 g/mol. The third-order valence-electron chi connectivity index (χ3n) is 5.69. The molecule has 0 N–H and O–H groups in total. The number of nitrogens with zero attached hydrogens (tertiary/aromatic N) is 3. The summed E-state index contributed by atoms with van der Waals surface area (Å²) < 4.78 is 14.5. The summed E-state index contributed by atoms with van der Waals surface area (Å²) in [6.07, 6.45) is 8.17. The van der Waals surface area contributed by atoms with Gasteiger partial charge in [-0.2, -0.15) is 0 Å².